The summed E-state index contributed by atoms with van der Waals surface area (Å²) in [5, 5.41) is 4.21. The van der Waals surface area contributed by atoms with Crippen molar-refractivity contribution in [1.29, 1.82) is 0 Å². The van der Waals surface area contributed by atoms with Crippen LogP contribution in [0.1, 0.15) is 5.56 Å². The number of thioether (sulfide) groups is 1. The van der Waals surface area contributed by atoms with Gasteiger partial charge >= 0.3 is 0 Å². The number of carbonyl (C=O) groups excluding carboxylic acids is 3. The molecule has 6 nitrogen and oxygen atoms in total. The summed E-state index contributed by atoms with van der Waals surface area (Å²) in [5.41, 5.74) is 1.34. The second kappa shape index (κ2) is 9.79. The van der Waals surface area contributed by atoms with Crippen molar-refractivity contribution < 1.29 is 19.1 Å². The molecule has 0 unspecified atom stereocenters. The summed E-state index contributed by atoms with van der Waals surface area (Å²) >= 11 is 5.16. The number of hydrogen-bond donors (Lipinski definition) is 1. The van der Waals surface area contributed by atoms with E-state index in [2.05, 4.69) is 50.5 Å². The van der Waals surface area contributed by atoms with Crippen LogP contribution in [-0.4, -0.2) is 35.6 Å². The molecule has 1 fully saturated rings. The first-order valence-corrected chi connectivity index (χ1v) is 12.4. The van der Waals surface area contributed by atoms with Gasteiger partial charge in [0, 0.05) is 20.2 Å². The van der Waals surface area contributed by atoms with Gasteiger partial charge in [-0.25, -0.2) is 0 Å². The molecule has 1 N–H and O–H groups in total. The van der Waals surface area contributed by atoms with Gasteiger partial charge in [-0.05, 0) is 86.6 Å². The van der Waals surface area contributed by atoms with Crippen LogP contribution in [0.2, 0.25) is 0 Å². The molecule has 4 rings (SSSR count). The first-order chi connectivity index (χ1) is 15.4. The van der Waals surface area contributed by atoms with Crippen molar-refractivity contribution >= 4 is 96.5 Å². The second-order valence-corrected chi connectivity index (χ2v) is 10.3. The summed E-state index contributed by atoms with van der Waals surface area (Å²) in [5.74, 6) is -0.304. The number of anilines is 1. The van der Waals surface area contributed by atoms with Gasteiger partial charge in [0.05, 0.1) is 15.6 Å². The maximum Gasteiger partial charge on any atom is 0.294 e. The molecule has 3 amide bonds. The van der Waals surface area contributed by atoms with E-state index in [-0.39, 0.29) is 11.4 Å². The molecule has 162 valence electrons. The number of halogens is 2. The van der Waals surface area contributed by atoms with Gasteiger partial charge in [-0.1, -0.05) is 36.4 Å². The summed E-state index contributed by atoms with van der Waals surface area (Å²) in [6.45, 7) is -0.355. The van der Waals surface area contributed by atoms with E-state index in [0.29, 0.717) is 17.0 Å². The summed E-state index contributed by atoms with van der Waals surface area (Å²) in [6.07, 6.45) is 1.64. The van der Waals surface area contributed by atoms with E-state index in [1.807, 2.05) is 48.5 Å². The third kappa shape index (κ3) is 4.79. The minimum Gasteiger partial charge on any atom is -0.495 e. The number of amides is 3. The lowest BCUT2D eigenvalue weighted by molar-refractivity contribution is -0.127. The fraction of sp³-hybridized carbons (Fsp3) is 0.0870. The van der Waals surface area contributed by atoms with Crippen molar-refractivity contribution in [2.75, 3.05) is 19.0 Å². The molecule has 32 heavy (non-hydrogen) atoms. The van der Waals surface area contributed by atoms with Gasteiger partial charge in [0.1, 0.15) is 12.3 Å². The Morgan fingerprint density at radius 1 is 1.12 bits per heavy atom. The van der Waals surface area contributed by atoms with E-state index in [0.717, 1.165) is 34.6 Å². The average molecular weight is 670 g/mol. The highest BCUT2D eigenvalue weighted by Gasteiger charge is 2.36. The minimum atomic E-state index is -0.496. The number of imide groups is 1. The zero-order valence-electron chi connectivity index (χ0n) is 16.7. The van der Waals surface area contributed by atoms with Crippen molar-refractivity contribution in [3.63, 3.8) is 0 Å². The van der Waals surface area contributed by atoms with E-state index in [9.17, 15) is 14.4 Å². The standard InChI is InChI=1S/C23H16I2N2O4S/c1-31-21-14(9-15(24)11-17(21)25)10-19-22(29)27(23(30)32-19)12-20(28)26-18-8-4-6-13-5-2-3-7-16(13)18/h2-11H,12H2,1H3,(H,26,28)/b19-10+. The van der Waals surface area contributed by atoms with Crippen LogP contribution >= 0.6 is 56.9 Å². The predicted molar refractivity (Wildman–Crippen MR) is 144 cm³/mol. The van der Waals surface area contributed by atoms with Crippen LogP contribution in [0, 0.1) is 7.14 Å². The quantitative estimate of drug-likeness (QED) is 0.278. The van der Waals surface area contributed by atoms with Gasteiger partial charge in [-0.15, -0.1) is 0 Å². The maximum atomic E-state index is 12.9. The minimum absolute atomic E-state index is 0.254. The average Bonchev–Trinajstić information content (AvgIpc) is 3.01. The Balaban J connectivity index is 1.54. The Kier molecular flexibility index (Phi) is 7.05. The molecule has 0 aromatic heterocycles. The van der Waals surface area contributed by atoms with E-state index in [4.69, 9.17) is 4.74 Å². The van der Waals surface area contributed by atoms with Gasteiger partial charge in [0.2, 0.25) is 5.91 Å². The van der Waals surface area contributed by atoms with E-state index >= 15 is 0 Å². The number of carbonyl (C=O) groups is 3. The lowest BCUT2D eigenvalue weighted by Crippen LogP contribution is -2.36. The maximum absolute atomic E-state index is 12.9. The van der Waals surface area contributed by atoms with Crippen LogP contribution in [0.4, 0.5) is 10.5 Å². The smallest absolute Gasteiger partial charge is 0.294 e. The molecule has 1 aliphatic rings. The molecule has 3 aromatic carbocycles. The molecular weight excluding hydrogens is 654 g/mol. The Morgan fingerprint density at radius 3 is 2.66 bits per heavy atom. The van der Waals surface area contributed by atoms with E-state index in [1.165, 1.54) is 0 Å². The molecule has 1 saturated heterocycles. The first kappa shape index (κ1) is 23.1. The lowest BCUT2D eigenvalue weighted by Gasteiger charge is -2.13. The zero-order valence-corrected chi connectivity index (χ0v) is 21.9. The molecule has 1 heterocycles. The first-order valence-electron chi connectivity index (χ1n) is 9.43. The van der Waals surface area contributed by atoms with Gasteiger partial charge in [0.25, 0.3) is 11.1 Å². The van der Waals surface area contributed by atoms with Crippen molar-refractivity contribution in [2.24, 2.45) is 0 Å². The van der Waals surface area contributed by atoms with Crippen LogP contribution in [0.5, 0.6) is 5.75 Å². The molecular formula is C23H16I2N2O4S. The van der Waals surface area contributed by atoms with Crippen molar-refractivity contribution in [3.05, 3.63) is 72.2 Å². The van der Waals surface area contributed by atoms with E-state index in [1.54, 1.807) is 19.3 Å². The fourth-order valence-corrected chi connectivity index (χ4v) is 6.29. The van der Waals surface area contributed by atoms with Gasteiger partial charge < -0.3 is 10.1 Å². The third-order valence-electron chi connectivity index (χ3n) is 4.77. The number of rotatable bonds is 5. The fourth-order valence-electron chi connectivity index (χ4n) is 3.35. The van der Waals surface area contributed by atoms with Crippen LogP contribution in [0.25, 0.3) is 16.8 Å². The molecule has 1 aliphatic heterocycles. The predicted octanol–water partition coefficient (Wildman–Crippen LogP) is 5.73. The Labute approximate surface area is 216 Å². The van der Waals surface area contributed by atoms with Gasteiger partial charge in [0.15, 0.2) is 0 Å². The third-order valence-corrected chi connectivity index (χ3v) is 7.10. The Hall–Kier alpha value is -2.12. The van der Waals surface area contributed by atoms with Crippen molar-refractivity contribution in [3.8, 4) is 5.75 Å². The molecule has 0 aliphatic carbocycles. The van der Waals surface area contributed by atoms with Crippen LogP contribution in [0.15, 0.2) is 59.5 Å². The molecule has 0 saturated carbocycles. The van der Waals surface area contributed by atoms with Crippen LogP contribution in [-0.2, 0) is 9.59 Å². The molecule has 0 atom stereocenters. The number of ether oxygens (including phenoxy) is 1. The summed E-state index contributed by atoms with van der Waals surface area (Å²) < 4.78 is 7.34. The van der Waals surface area contributed by atoms with Crippen molar-refractivity contribution in [2.45, 2.75) is 0 Å². The Bertz CT molecular complexity index is 1290. The lowest BCUT2D eigenvalue weighted by atomic mass is 10.1. The SMILES string of the molecule is COc1c(I)cc(I)cc1/C=C1/SC(=O)N(CC(=O)Nc2cccc3ccccc23)C1=O. The van der Waals surface area contributed by atoms with Crippen LogP contribution in [0.3, 0.4) is 0 Å². The van der Waals surface area contributed by atoms with Gasteiger partial charge in [-0.3, -0.25) is 19.3 Å². The monoisotopic (exact) mass is 670 g/mol. The highest BCUT2D eigenvalue weighted by atomic mass is 127. The number of benzene rings is 3. The van der Waals surface area contributed by atoms with Crippen molar-refractivity contribution in [1.82, 2.24) is 4.90 Å². The Morgan fingerprint density at radius 2 is 1.88 bits per heavy atom. The topological polar surface area (TPSA) is 75.7 Å². The highest BCUT2D eigenvalue weighted by molar-refractivity contribution is 14.1. The van der Waals surface area contributed by atoms with Gasteiger partial charge in [-0.2, -0.15) is 0 Å². The highest BCUT2D eigenvalue weighted by Crippen LogP contribution is 2.36. The molecule has 3 aromatic rings. The second-order valence-electron chi connectivity index (χ2n) is 6.85. The van der Waals surface area contributed by atoms with E-state index < -0.39 is 17.1 Å². The number of hydrogen-bond acceptors (Lipinski definition) is 5. The molecule has 0 radical (unpaired) electrons. The summed E-state index contributed by atoms with van der Waals surface area (Å²) in [7, 11) is 1.56. The molecule has 0 bridgehead atoms. The number of nitrogens with one attached hydrogen (secondary N) is 1. The van der Waals surface area contributed by atoms with Crippen LogP contribution < -0.4 is 10.1 Å². The summed E-state index contributed by atoms with van der Waals surface area (Å²) in [6, 6.07) is 17.1. The number of fused-ring (bicyclic) bond motifs is 1. The molecule has 0 spiro atoms. The zero-order chi connectivity index (χ0) is 22.8. The summed E-state index contributed by atoms with van der Waals surface area (Å²) in [4.78, 5) is 39.2. The number of nitrogens with zero attached hydrogens (tertiary/aromatic N) is 1. The largest absolute Gasteiger partial charge is 0.495 e. The number of methoxy groups -OCH3 is 1. The normalized spacial score (nSPS) is 15.0. The molecule has 9 heteroatoms.